The molecule has 1 heterocycles. The molecule has 0 aliphatic heterocycles. The van der Waals surface area contributed by atoms with Crippen molar-refractivity contribution in [1.29, 1.82) is 0 Å². The summed E-state index contributed by atoms with van der Waals surface area (Å²) in [6.45, 7) is 4.64. The molecule has 0 unspecified atom stereocenters. The SMILES string of the molecule is CCCCNC(=O)c1nc(C)cc2c(N)cccc12. The fourth-order valence-electron chi connectivity index (χ4n) is 2.06. The van der Waals surface area contributed by atoms with Crippen LogP contribution in [-0.4, -0.2) is 17.4 Å². The standard InChI is InChI=1S/C15H19N3O/c1-3-4-8-17-15(19)14-11-6-5-7-13(16)12(11)9-10(2)18-14/h5-7,9H,3-4,8,16H2,1-2H3,(H,17,19). The highest BCUT2D eigenvalue weighted by molar-refractivity contribution is 6.08. The third-order valence-corrected chi connectivity index (χ3v) is 3.07. The molecule has 100 valence electrons. The van der Waals surface area contributed by atoms with Crippen molar-refractivity contribution >= 4 is 22.4 Å². The van der Waals surface area contributed by atoms with E-state index < -0.39 is 0 Å². The van der Waals surface area contributed by atoms with E-state index >= 15 is 0 Å². The normalized spacial score (nSPS) is 10.6. The Labute approximate surface area is 113 Å². The maximum Gasteiger partial charge on any atom is 0.270 e. The maximum atomic E-state index is 12.2. The summed E-state index contributed by atoms with van der Waals surface area (Å²) in [5.74, 6) is -0.132. The smallest absolute Gasteiger partial charge is 0.270 e. The Morgan fingerprint density at radius 1 is 1.37 bits per heavy atom. The molecule has 1 aromatic carbocycles. The van der Waals surface area contributed by atoms with Crippen molar-refractivity contribution in [2.75, 3.05) is 12.3 Å². The highest BCUT2D eigenvalue weighted by atomic mass is 16.1. The lowest BCUT2D eigenvalue weighted by Gasteiger charge is -2.09. The Morgan fingerprint density at radius 2 is 2.16 bits per heavy atom. The molecule has 0 aliphatic carbocycles. The van der Waals surface area contributed by atoms with E-state index in [2.05, 4.69) is 17.2 Å². The topological polar surface area (TPSA) is 68.0 Å². The molecule has 0 radical (unpaired) electrons. The van der Waals surface area contributed by atoms with Crippen LogP contribution in [0, 0.1) is 6.92 Å². The molecule has 0 bridgehead atoms. The van der Waals surface area contributed by atoms with Gasteiger partial charge in [-0.15, -0.1) is 0 Å². The van der Waals surface area contributed by atoms with Gasteiger partial charge in [-0.2, -0.15) is 0 Å². The summed E-state index contributed by atoms with van der Waals surface area (Å²) < 4.78 is 0. The number of aryl methyl sites for hydroxylation is 1. The van der Waals surface area contributed by atoms with Crippen molar-refractivity contribution in [3.63, 3.8) is 0 Å². The molecule has 2 aromatic rings. The Hall–Kier alpha value is -2.10. The van der Waals surface area contributed by atoms with Crippen molar-refractivity contribution in [3.05, 3.63) is 35.7 Å². The molecule has 4 heteroatoms. The van der Waals surface area contributed by atoms with Gasteiger partial charge in [-0.1, -0.05) is 25.5 Å². The number of hydrogen-bond donors (Lipinski definition) is 2. The van der Waals surface area contributed by atoms with Crippen LogP contribution in [0.25, 0.3) is 10.8 Å². The number of nitrogen functional groups attached to an aromatic ring is 1. The van der Waals surface area contributed by atoms with Crippen LogP contribution in [-0.2, 0) is 0 Å². The lowest BCUT2D eigenvalue weighted by molar-refractivity contribution is 0.0950. The first-order valence-electron chi connectivity index (χ1n) is 6.57. The second-order valence-corrected chi connectivity index (χ2v) is 4.66. The van der Waals surface area contributed by atoms with Gasteiger partial charge in [0.1, 0.15) is 5.69 Å². The molecule has 0 fully saturated rings. The van der Waals surface area contributed by atoms with Crippen LogP contribution in [0.5, 0.6) is 0 Å². The number of carbonyl (C=O) groups is 1. The Morgan fingerprint density at radius 3 is 2.89 bits per heavy atom. The van der Waals surface area contributed by atoms with E-state index in [-0.39, 0.29) is 5.91 Å². The van der Waals surface area contributed by atoms with Crippen molar-refractivity contribution in [2.24, 2.45) is 0 Å². The lowest BCUT2D eigenvalue weighted by atomic mass is 10.1. The summed E-state index contributed by atoms with van der Waals surface area (Å²) in [4.78, 5) is 16.5. The van der Waals surface area contributed by atoms with E-state index in [0.717, 1.165) is 29.3 Å². The maximum absolute atomic E-state index is 12.2. The first-order chi connectivity index (χ1) is 9.13. The molecule has 0 spiro atoms. The number of benzene rings is 1. The van der Waals surface area contributed by atoms with Gasteiger partial charge in [0, 0.05) is 28.7 Å². The molecule has 4 nitrogen and oxygen atoms in total. The van der Waals surface area contributed by atoms with Gasteiger partial charge >= 0.3 is 0 Å². The zero-order chi connectivity index (χ0) is 13.8. The fraction of sp³-hybridized carbons (Fsp3) is 0.333. The number of aromatic nitrogens is 1. The first-order valence-corrected chi connectivity index (χ1v) is 6.57. The van der Waals surface area contributed by atoms with E-state index in [4.69, 9.17) is 5.73 Å². The minimum Gasteiger partial charge on any atom is -0.398 e. The number of rotatable bonds is 4. The van der Waals surface area contributed by atoms with Gasteiger partial charge in [-0.25, -0.2) is 4.98 Å². The van der Waals surface area contributed by atoms with Gasteiger partial charge in [-0.05, 0) is 25.5 Å². The Kier molecular flexibility index (Phi) is 4.00. The van der Waals surface area contributed by atoms with Gasteiger partial charge in [0.25, 0.3) is 5.91 Å². The van der Waals surface area contributed by atoms with Crippen LogP contribution in [0.3, 0.4) is 0 Å². The zero-order valence-electron chi connectivity index (χ0n) is 11.4. The molecule has 2 rings (SSSR count). The van der Waals surface area contributed by atoms with Crippen LogP contribution in [0.4, 0.5) is 5.69 Å². The summed E-state index contributed by atoms with van der Waals surface area (Å²) in [5.41, 5.74) is 7.88. The van der Waals surface area contributed by atoms with Crippen LogP contribution >= 0.6 is 0 Å². The van der Waals surface area contributed by atoms with Crippen molar-refractivity contribution in [2.45, 2.75) is 26.7 Å². The summed E-state index contributed by atoms with van der Waals surface area (Å²) >= 11 is 0. The second-order valence-electron chi connectivity index (χ2n) is 4.66. The highest BCUT2D eigenvalue weighted by Gasteiger charge is 2.13. The van der Waals surface area contributed by atoms with Gasteiger partial charge in [0.05, 0.1) is 0 Å². The van der Waals surface area contributed by atoms with E-state index in [1.165, 1.54) is 0 Å². The summed E-state index contributed by atoms with van der Waals surface area (Å²) in [7, 11) is 0. The summed E-state index contributed by atoms with van der Waals surface area (Å²) in [5, 5.41) is 4.59. The highest BCUT2D eigenvalue weighted by Crippen LogP contribution is 2.23. The van der Waals surface area contributed by atoms with Crippen molar-refractivity contribution < 1.29 is 4.79 Å². The summed E-state index contributed by atoms with van der Waals surface area (Å²) in [6, 6.07) is 7.47. The third-order valence-electron chi connectivity index (χ3n) is 3.07. The van der Waals surface area contributed by atoms with Crippen molar-refractivity contribution in [1.82, 2.24) is 10.3 Å². The molecule has 3 N–H and O–H groups in total. The van der Waals surface area contributed by atoms with Gasteiger partial charge in [-0.3, -0.25) is 4.79 Å². The zero-order valence-corrected chi connectivity index (χ0v) is 11.4. The Balaban J connectivity index is 2.42. The predicted octanol–water partition coefficient (Wildman–Crippen LogP) is 2.66. The van der Waals surface area contributed by atoms with E-state index in [1.54, 1.807) is 0 Å². The van der Waals surface area contributed by atoms with E-state index in [1.807, 2.05) is 31.2 Å². The van der Waals surface area contributed by atoms with Crippen LogP contribution < -0.4 is 11.1 Å². The van der Waals surface area contributed by atoms with Crippen molar-refractivity contribution in [3.8, 4) is 0 Å². The predicted molar refractivity (Wildman–Crippen MR) is 78.1 cm³/mol. The number of anilines is 1. The monoisotopic (exact) mass is 257 g/mol. The number of fused-ring (bicyclic) bond motifs is 1. The number of unbranched alkanes of at least 4 members (excludes halogenated alkanes) is 1. The van der Waals surface area contributed by atoms with Crippen LogP contribution in [0.15, 0.2) is 24.3 Å². The summed E-state index contributed by atoms with van der Waals surface area (Å²) in [6.07, 6.45) is 2.02. The fourth-order valence-corrected chi connectivity index (χ4v) is 2.06. The van der Waals surface area contributed by atoms with Crippen LogP contribution in [0.1, 0.15) is 35.9 Å². The number of nitrogens with one attached hydrogen (secondary N) is 1. The molecule has 19 heavy (non-hydrogen) atoms. The number of hydrogen-bond acceptors (Lipinski definition) is 3. The number of nitrogens with two attached hydrogens (primary N) is 1. The number of carbonyl (C=O) groups excluding carboxylic acids is 1. The average Bonchev–Trinajstić information content (AvgIpc) is 2.39. The molecule has 0 saturated carbocycles. The minimum absolute atomic E-state index is 0.132. The first kappa shape index (κ1) is 13.3. The lowest BCUT2D eigenvalue weighted by Crippen LogP contribution is -2.25. The number of nitrogens with zero attached hydrogens (tertiary/aromatic N) is 1. The molecule has 0 aliphatic rings. The third kappa shape index (κ3) is 2.84. The largest absolute Gasteiger partial charge is 0.398 e. The van der Waals surface area contributed by atoms with Gasteiger partial charge in [0.15, 0.2) is 0 Å². The average molecular weight is 257 g/mol. The molecular weight excluding hydrogens is 238 g/mol. The molecule has 1 aromatic heterocycles. The van der Waals surface area contributed by atoms with Gasteiger partial charge < -0.3 is 11.1 Å². The number of pyridine rings is 1. The Bertz CT molecular complexity index is 608. The quantitative estimate of drug-likeness (QED) is 0.653. The van der Waals surface area contributed by atoms with E-state index in [9.17, 15) is 4.79 Å². The molecule has 0 saturated heterocycles. The molecule has 0 atom stereocenters. The van der Waals surface area contributed by atoms with Gasteiger partial charge in [0.2, 0.25) is 0 Å². The minimum atomic E-state index is -0.132. The second kappa shape index (κ2) is 5.69. The van der Waals surface area contributed by atoms with Crippen LogP contribution in [0.2, 0.25) is 0 Å². The molecular formula is C15H19N3O. The van der Waals surface area contributed by atoms with E-state index in [0.29, 0.717) is 17.9 Å². The molecule has 1 amide bonds. The number of amides is 1.